The Bertz CT molecular complexity index is 598. The summed E-state index contributed by atoms with van der Waals surface area (Å²) in [5.74, 6) is 0. The number of hydrogen-bond acceptors (Lipinski definition) is 2. The molecule has 0 amide bonds. The molecule has 0 saturated carbocycles. The van der Waals surface area contributed by atoms with Crippen LogP contribution in [0.4, 0.5) is 0 Å². The second-order valence-electron chi connectivity index (χ2n) is 5.02. The highest BCUT2D eigenvalue weighted by Gasteiger charge is 2.17. The fraction of sp³-hybridized carbons (Fsp3) is 0.294. The Balaban J connectivity index is 2.11. The molecule has 2 atom stereocenters. The van der Waals surface area contributed by atoms with Crippen LogP contribution in [0.15, 0.2) is 47.4 Å². The predicted molar refractivity (Wildman–Crippen MR) is 94.5 cm³/mol. The average Bonchev–Trinajstić information content (AvgIpc) is 2.50. The van der Waals surface area contributed by atoms with Gasteiger partial charge < -0.3 is 5.73 Å². The van der Waals surface area contributed by atoms with Gasteiger partial charge in [-0.15, -0.1) is 11.8 Å². The summed E-state index contributed by atoms with van der Waals surface area (Å²) < 4.78 is 0. The molecule has 2 N–H and O–H groups in total. The first-order valence-corrected chi connectivity index (χ1v) is 8.61. The molecule has 0 fully saturated rings. The minimum Gasteiger partial charge on any atom is -0.323 e. The van der Waals surface area contributed by atoms with E-state index in [4.69, 9.17) is 28.9 Å². The second-order valence-corrected chi connectivity index (χ2v) is 7.28. The Morgan fingerprint density at radius 3 is 2.38 bits per heavy atom. The topological polar surface area (TPSA) is 26.0 Å². The third-order valence-corrected chi connectivity index (χ3v) is 5.42. The average molecular weight is 340 g/mol. The summed E-state index contributed by atoms with van der Waals surface area (Å²) in [6.45, 7) is 4.26. The van der Waals surface area contributed by atoms with Gasteiger partial charge in [0.15, 0.2) is 0 Å². The molecule has 0 aliphatic heterocycles. The van der Waals surface area contributed by atoms with E-state index in [0.29, 0.717) is 10.0 Å². The molecule has 21 heavy (non-hydrogen) atoms. The lowest BCUT2D eigenvalue weighted by atomic mass is 10.0. The van der Waals surface area contributed by atoms with Crippen LogP contribution in [0.3, 0.4) is 0 Å². The van der Waals surface area contributed by atoms with Crippen LogP contribution in [0, 0.1) is 0 Å². The van der Waals surface area contributed by atoms with Crippen molar-refractivity contribution in [1.29, 1.82) is 0 Å². The fourth-order valence-electron chi connectivity index (χ4n) is 2.09. The highest BCUT2D eigenvalue weighted by atomic mass is 35.5. The molecule has 2 rings (SSSR count). The summed E-state index contributed by atoms with van der Waals surface area (Å²) in [7, 11) is 0. The van der Waals surface area contributed by atoms with Gasteiger partial charge in [-0.25, -0.2) is 0 Å². The second kappa shape index (κ2) is 7.55. The maximum absolute atomic E-state index is 6.37. The first-order chi connectivity index (χ1) is 10.0. The number of rotatable bonds is 5. The zero-order valence-corrected chi connectivity index (χ0v) is 14.5. The largest absolute Gasteiger partial charge is 0.323 e. The Morgan fingerprint density at radius 1 is 1.10 bits per heavy atom. The van der Waals surface area contributed by atoms with Gasteiger partial charge in [0.1, 0.15) is 0 Å². The first kappa shape index (κ1) is 16.7. The van der Waals surface area contributed by atoms with Gasteiger partial charge in [0.25, 0.3) is 0 Å². The van der Waals surface area contributed by atoms with Gasteiger partial charge >= 0.3 is 0 Å². The van der Waals surface area contributed by atoms with Crippen LogP contribution in [-0.4, -0.2) is 5.25 Å². The molecule has 2 aromatic rings. The Kier molecular flexibility index (Phi) is 6.00. The van der Waals surface area contributed by atoms with Crippen LogP contribution in [0.25, 0.3) is 0 Å². The van der Waals surface area contributed by atoms with Gasteiger partial charge in [-0.05, 0) is 35.7 Å². The van der Waals surface area contributed by atoms with E-state index >= 15 is 0 Å². The monoisotopic (exact) mass is 339 g/mol. The number of thioether (sulfide) groups is 1. The minimum absolute atomic E-state index is 0.0454. The predicted octanol–water partition coefficient (Wildman–Crippen LogP) is 5.74. The fourth-order valence-corrected chi connectivity index (χ4v) is 3.66. The van der Waals surface area contributed by atoms with E-state index in [1.54, 1.807) is 17.8 Å². The maximum atomic E-state index is 6.37. The van der Waals surface area contributed by atoms with Gasteiger partial charge in [0.2, 0.25) is 0 Å². The summed E-state index contributed by atoms with van der Waals surface area (Å²) in [5.41, 5.74) is 8.84. The lowest BCUT2D eigenvalue weighted by Gasteiger charge is -2.20. The van der Waals surface area contributed by atoms with E-state index in [-0.39, 0.29) is 11.3 Å². The molecule has 0 bridgehead atoms. The van der Waals surface area contributed by atoms with Crippen molar-refractivity contribution in [2.75, 3.05) is 0 Å². The lowest BCUT2D eigenvalue weighted by molar-refractivity contribution is 0.714. The molecule has 0 aromatic heterocycles. The lowest BCUT2D eigenvalue weighted by Crippen LogP contribution is -2.21. The number of aryl methyl sites for hydroxylation is 1. The number of benzene rings is 2. The zero-order valence-electron chi connectivity index (χ0n) is 12.1. The van der Waals surface area contributed by atoms with Gasteiger partial charge in [-0.2, -0.15) is 0 Å². The normalized spacial score (nSPS) is 14.0. The van der Waals surface area contributed by atoms with E-state index < -0.39 is 0 Å². The van der Waals surface area contributed by atoms with Crippen LogP contribution >= 0.6 is 35.0 Å². The molecule has 1 nitrogen and oxygen atoms in total. The summed E-state index contributed by atoms with van der Waals surface area (Å²) in [5, 5.41) is 1.60. The van der Waals surface area contributed by atoms with Crippen LogP contribution in [-0.2, 0) is 6.42 Å². The first-order valence-electron chi connectivity index (χ1n) is 6.97. The summed E-state index contributed by atoms with van der Waals surface area (Å²) in [6.07, 6.45) is 1.04. The highest BCUT2D eigenvalue weighted by Crippen LogP contribution is 2.36. The van der Waals surface area contributed by atoms with Crippen molar-refractivity contribution in [3.05, 3.63) is 63.6 Å². The molecule has 2 unspecified atom stereocenters. The molecular weight excluding hydrogens is 321 g/mol. The van der Waals surface area contributed by atoms with Crippen LogP contribution in [0.1, 0.15) is 31.0 Å². The van der Waals surface area contributed by atoms with Gasteiger partial charge in [0.05, 0.1) is 5.02 Å². The van der Waals surface area contributed by atoms with Crippen molar-refractivity contribution in [2.24, 2.45) is 5.73 Å². The van der Waals surface area contributed by atoms with Crippen LogP contribution in [0.2, 0.25) is 10.0 Å². The molecule has 112 valence electrons. The van der Waals surface area contributed by atoms with E-state index in [1.165, 1.54) is 5.56 Å². The molecule has 0 aliphatic carbocycles. The number of nitrogens with two attached hydrogens (primary N) is 1. The smallest absolute Gasteiger partial charge is 0.0543 e. The van der Waals surface area contributed by atoms with Gasteiger partial charge in [0, 0.05) is 21.2 Å². The molecule has 0 radical (unpaired) electrons. The molecule has 0 spiro atoms. The molecular formula is C17H19Cl2NS. The molecule has 0 saturated heterocycles. The third-order valence-electron chi connectivity index (χ3n) is 3.48. The Labute approximate surface area is 140 Å². The van der Waals surface area contributed by atoms with Crippen molar-refractivity contribution in [3.63, 3.8) is 0 Å². The number of halogens is 2. The Hall–Kier alpha value is -0.670. The summed E-state index contributed by atoms with van der Waals surface area (Å²) >= 11 is 13.9. The van der Waals surface area contributed by atoms with Crippen molar-refractivity contribution >= 4 is 35.0 Å². The van der Waals surface area contributed by atoms with Crippen molar-refractivity contribution < 1.29 is 0 Å². The van der Waals surface area contributed by atoms with E-state index in [0.717, 1.165) is 16.9 Å². The van der Waals surface area contributed by atoms with Gasteiger partial charge in [-0.3, -0.25) is 0 Å². The van der Waals surface area contributed by atoms with Crippen molar-refractivity contribution in [1.82, 2.24) is 0 Å². The molecule has 2 aromatic carbocycles. The van der Waals surface area contributed by atoms with Crippen LogP contribution in [0.5, 0.6) is 0 Å². The van der Waals surface area contributed by atoms with Gasteiger partial charge in [-0.1, -0.05) is 61.3 Å². The van der Waals surface area contributed by atoms with Crippen molar-refractivity contribution in [3.8, 4) is 0 Å². The van der Waals surface area contributed by atoms with E-state index in [9.17, 15) is 0 Å². The van der Waals surface area contributed by atoms with E-state index in [1.807, 2.05) is 12.1 Å². The third kappa shape index (κ3) is 4.40. The quantitative estimate of drug-likeness (QED) is 0.703. The molecule has 0 heterocycles. The highest BCUT2D eigenvalue weighted by molar-refractivity contribution is 8.00. The standard InChI is InChI=1S/C17H19Cl2NS/c1-3-12-4-6-13(7-5-12)17(20)11(2)21-16-10-14(18)8-9-15(16)19/h4-11,17H,3,20H2,1-2H3. The summed E-state index contributed by atoms with van der Waals surface area (Å²) in [6, 6.07) is 14.0. The maximum Gasteiger partial charge on any atom is 0.0543 e. The van der Waals surface area contributed by atoms with Crippen molar-refractivity contribution in [2.45, 2.75) is 36.5 Å². The van der Waals surface area contributed by atoms with Crippen LogP contribution < -0.4 is 5.73 Å². The molecule has 0 aliphatic rings. The number of hydrogen-bond donors (Lipinski definition) is 1. The minimum atomic E-state index is -0.0454. The Morgan fingerprint density at radius 2 is 1.76 bits per heavy atom. The zero-order chi connectivity index (χ0) is 15.4. The summed E-state index contributed by atoms with van der Waals surface area (Å²) in [4.78, 5) is 0.970. The van der Waals surface area contributed by atoms with E-state index in [2.05, 4.69) is 38.1 Å². The molecule has 4 heteroatoms. The SMILES string of the molecule is CCc1ccc(C(N)C(C)Sc2cc(Cl)ccc2Cl)cc1.